The van der Waals surface area contributed by atoms with Gasteiger partial charge in [0.15, 0.2) is 0 Å². The molecule has 1 rings (SSSR count). The summed E-state index contributed by atoms with van der Waals surface area (Å²) in [7, 11) is 0. The Hall–Kier alpha value is -0.900. The first kappa shape index (κ1) is 15.2. The third kappa shape index (κ3) is 3.80. The fourth-order valence-corrected chi connectivity index (χ4v) is 2.18. The van der Waals surface area contributed by atoms with Gasteiger partial charge < -0.3 is 14.9 Å². The van der Waals surface area contributed by atoms with E-state index >= 15 is 0 Å². The Balaban J connectivity index is 3.04. The molecular weight excluding hydrogens is 351 g/mol. The Labute approximate surface area is 118 Å². The summed E-state index contributed by atoms with van der Waals surface area (Å²) in [6.45, 7) is 1.29. The first-order valence-corrected chi connectivity index (χ1v) is 6.30. The van der Waals surface area contributed by atoms with Crippen molar-refractivity contribution in [3.05, 3.63) is 26.8 Å². The van der Waals surface area contributed by atoms with Gasteiger partial charge in [0.05, 0.1) is 12.2 Å². The van der Waals surface area contributed by atoms with Crippen LogP contribution in [0.5, 0.6) is 5.75 Å². The van der Waals surface area contributed by atoms with Gasteiger partial charge in [-0.25, -0.2) is 5.84 Å². The molecule has 0 fully saturated rings. The van der Waals surface area contributed by atoms with Gasteiger partial charge in [-0.05, 0) is 47.2 Å². The minimum atomic E-state index is -0.988. The Bertz CT molecular complexity index is 439. The van der Waals surface area contributed by atoms with E-state index < -0.39 is 18.6 Å². The summed E-state index contributed by atoms with van der Waals surface area (Å²) in [5, 5.41) is 18.0. The second kappa shape index (κ2) is 6.88. The highest BCUT2D eigenvalue weighted by Gasteiger charge is 2.16. The smallest absolute Gasteiger partial charge is 0.268 e. The minimum Gasteiger partial charge on any atom is -0.490 e. The minimum absolute atomic E-state index is 0.0945. The Morgan fingerprint density at radius 1 is 1.61 bits per heavy atom. The van der Waals surface area contributed by atoms with Crippen molar-refractivity contribution < 1.29 is 19.7 Å². The molecule has 1 unspecified atom stereocenters. The third-order valence-corrected chi connectivity index (χ3v) is 2.87. The van der Waals surface area contributed by atoms with E-state index in [4.69, 9.17) is 15.7 Å². The average molecular weight is 366 g/mol. The number of carbonyl (C=O) groups excluding carboxylic acids is 1. The van der Waals surface area contributed by atoms with Gasteiger partial charge in [-0.15, -0.1) is 0 Å². The van der Waals surface area contributed by atoms with Crippen LogP contribution in [0.15, 0.2) is 12.1 Å². The van der Waals surface area contributed by atoms with Crippen molar-refractivity contribution in [2.24, 2.45) is 5.84 Å². The van der Waals surface area contributed by atoms with Crippen LogP contribution in [0.25, 0.3) is 0 Å². The SMILES string of the molecule is Cc1cc(I)cc(C(=O)NN)c1OCC(O)CO. The summed E-state index contributed by atoms with van der Waals surface area (Å²) < 4.78 is 6.24. The van der Waals surface area contributed by atoms with E-state index in [1.54, 1.807) is 13.0 Å². The number of amides is 1. The van der Waals surface area contributed by atoms with Crippen molar-refractivity contribution in [1.29, 1.82) is 0 Å². The molecule has 0 aliphatic carbocycles. The standard InChI is InChI=1S/C11H15IN2O4/c1-6-2-7(12)3-9(11(17)14-13)10(6)18-5-8(16)4-15/h2-3,8,15-16H,4-5,13H2,1H3,(H,14,17). The lowest BCUT2D eigenvalue weighted by atomic mass is 10.1. The molecule has 0 spiro atoms. The molecule has 0 heterocycles. The van der Waals surface area contributed by atoms with Gasteiger partial charge in [-0.1, -0.05) is 0 Å². The second-order valence-corrected chi connectivity index (χ2v) is 4.97. The number of aliphatic hydroxyl groups excluding tert-OH is 2. The maximum atomic E-state index is 11.6. The van der Waals surface area contributed by atoms with Crippen LogP contribution < -0.4 is 16.0 Å². The largest absolute Gasteiger partial charge is 0.490 e. The van der Waals surface area contributed by atoms with Gasteiger partial charge in [0, 0.05) is 3.57 Å². The molecule has 100 valence electrons. The number of hydrogen-bond acceptors (Lipinski definition) is 5. The quantitative estimate of drug-likeness (QED) is 0.253. The number of halogens is 1. The first-order valence-electron chi connectivity index (χ1n) is 5.22. The summed E-state index contributed by atoms with van der Waals surface area (Å²) in [6.07, 6.45) is -0.988. The van der Waals surface area contributed by atoms with Crippen LogP contribution in [0.4, 0.5) is 0 Å². The van der Waals surface area contributed by atoms with Gasteiger partial charge in [0.25, 0.3) is 5.91 Å². The molecule has 0 saturated carbocycles. The van der Waals surface area contributed by atoms with Crippen molar-refractivity contribution in [2.45, 2.75) is 13.0 Å². The van der Waals surface area contributed by atoms with Crippen molar-refractivity contribution >= 4 is 28.5 Å². The number of ether oxygens (including phenoxy) is 1. The zero-order valence-electron chi connectivity index (χ0n) is 9.81. The summed E-state index contributed by atoms with van der Waals surface area (Å²) in [4.78, 5) is 11.6. The molecule has 0 bridgehead atoms. The van der Waals surface area contributed by atoms with Gasteiger partial charge in [-0.3, -0.25) is 10.2 Å². The number of rotatable bonds is 5. The van der Waals surface area contributed by atoms with Crippen LogP contribution in [-0.4, -0.2) is 35.4 Å². The maximum Gasteiger partial charge on any atom is 0.268 e. The predicted octanol–water partition coefficient (Wildman–Crippen LogP) is -0.0649. The van der Waals surface area contributed by atoms with E-state index in [1.165, 1.54) is 0 Å². The first-order chi connectivity index (χ1) is 8.49. The topological polar surface area (TPSA) is 105 Å². The summed E-state index contributed by atoms with van der Waals surface area (Å²) in [6, 6.07) is 3.48. The normalized spacial score (nSPS) is 12.1. The lowest BCUT2D eigenvalue weighted by Crippen LogP contribution is -2.31. The molecule has 0 radical (unpaired) electrons. The number of benzene rings is 1. The molecule has 0 aliphatic heterocycles. The molecule has 1 atom stereocenters. The number of nitrogens with one attached hydrogen (secondary N) is 1. The highest BCUT2D eigenvalue weighted by Crippen LogP contribution is 2.26. The van der Waals surface area contributed by atoms with Gasteiger partial charge in [0.1, 0.15) is 18.5 Å². The van der Waals surface area contributed by atoms with Crippen LogP contribution in [0.3, 0.4) is 0 Å². The van der Waals surface area contributed by atoms with Crippen molar-refractivity contribution in [1.82, 2.24) is 5.43 Å². The molecule has 1 aromatic rings. The van der Waals surface area contributed by atoms with E-state index in [0.717, 1.165) is 9.13 Å². The Morgan fingerprint density at radius 3 is 2.83 bits per heavy atom. The predicted molar refractivity (Wildman–Crippen MR) is 74.1 cm³/mol. The number of nitrogen functional groups attached to an aromatic ring is 1. The molecule has 1 aromatic carbocycles. The fraction of sp³-hybridized carbons (Fsp3) is 0.364. The average Bonchev–Trinajstić information content (AvgIpc) is 2.35. The lowest BCUT2D eigenvalue weighted by molar-refractivity contribution is 0.0528. The number of hydrazine groups is 1. The van der Waals surface area contributed by atoms with Crippen LogP contribution >= 0.6 is 22.6 Å². The molecule has 0 aromatic heterocycles. The number of aryl methyl sites for hydroxylation is 1. The number of nitrogens with two attached hydrogens (primary N) is 1. The molecule has 5 N–H and O–H groups in total. The highest BCUT2D eigenvalue weighted by molar-refractivity contribution is 14.1. The molecular formula is C11H15IN2O4. The van der Waals surface area contributed by atoms with Gasteiger partial charge >= 0.3 is 0 Å². The van der Waals surface area contributed by atoms with Crippen LogP contribution in [0, 0.1) is 10.5 Å². The summed E-state index contributed by atoms with van der Waals surface area (Å²) in [5.74, 6) is 4.99. The van der Waals surface area contributed by atoms with Crippen molar-refractivity contribution in [2.75, 3.05) is 13.2 Å². The van der Waals surface area contributed by atoms with E-state index in [0.29, 0.717) is 11.3 Å². The molecule has 0 saturated heterocycles. The molecule has 7 heteroatoms. The fourth-order valence-electron chi connectivity index (χ4n) is 1.40. The number of hydrogen-bond donors (Lipinski definition) is 4. The van der Waals surface area contributed by atoms with Gasteiger partial charge in [-0.2, -0.15) is 0 Å². The highest BCUT2D eigenvalue weighted by atomic mass is 127. The van der Waals surface area contributed by atoms with Crippen LogP contribution in [-0.2, 0) is 0 Å². The van der Waals surface area contributed by atoms with Crippen molar-refractivity contribution in [3.63, 3.8) is 0 Å². The number of aliphatic hydroxyl groups is 2. The van der Waals surface area contributed by atoms with Gasteiger partial charge in [0.2, 0.25) is 0 Å². The van der Waals surface area contributed by atoms with E-state index in [1.807, 2.05) is 11.5 Å². The molecule has 0 aliphatic rings. The zero-order chi connectivity index (χ0) is 13.7. The Kier molecular flexibility index (Phi) is 5.79. The third-order valence-electron chi connectivity index (χ3n) is 2.25. The van der Waals surface area contributed by atoms with E-state index in [9.17, 15) is 9.90 Å². The summed E-state index contributed by atoms with van der Waals surface area (Å²) >= 11 is 2.08. The number of carbonyl (C=O) groups is 1. The maximum absolute atomic E-state index is 11.6. The van der Waals surface area contributed by atoms with Crippen LogP contribution in [0.1, 0.15) is 15.9 Å². The monoisotopic (exact) mass is 366 g/mol. The molecule has 18 heavy (non-hydrogen) atoms. The lowest BCUT2D eigenvalue weighted by Gasteiger charge is -2.15. The second-order valence-electron chi connectivity index (χ2n) is 3.72. The van der Waals surface area contributed by atoms with Crippen LogP contribution in [0.2, 0.25) is 0 Å². The van der Waals surface area contributed by atoms with E-state index in [-0.39, 0.29) is 6.61 Å². The van der Waals surface area contributed by atoms with E-state index in [2.05, 4.69) is 22.6 Å². The Morgan fingerprint density at radius 2 is 2.28 bits per heavy atom. The molecule has 6 nitrogen and oxygen atoms in total. The summed E-state index contributed by atoms with van der Waals surface area (Å²) in [5.41, 5.74) is 3.10. The van der Waals surface area contributed by atoms with Crippen molar-refractivity contribution in [3.8, 4) is 5.75 Å². The molecule has 1 amide bonds. The zero-order valence-corrected chi connectivity index (χ0v) is 12.0.